The lowest BCUT2D eigenvalue weighted by molar-refractivity contribution is 0.0245. The molecule has 0 spiro atoms. The van der Waals surface area contributed by atoms with Crippen molar-refractivity contribution < 1.29 is 32.9 Å². The van der Waals surface area contributed by atoms with Crippen LogP contribution in [0.3, 0.4) is 0 Å². The highest BCUT2D eigenvalue weighted by molar-refractivity contribution is 7.99. The Kier molecular flexibility index (Phi) is 10.8. The van der Waals surface area contributed by atoms with E-state index in [9.17, 15) is 23.4 Å². The molecule has 11 heteroatoms. The molecule has 3 heterocycles. The van der Waals surface area contributed by atoms with Crippen molar-refractivity contribution in [3.8, 4) is 5.75 Å². The molecule has 0 aliphatic carbocycles. The summed E-state index contributed by atoms with van der Waals surface area (Å²) < 4.78 is 52.0. The maximum Gasteiger partial charge on any atom is 0.172 e. The number of methoxy groups -OCH3 is 1. The molecule has 0 bridgehead atoms. The molecule has 234 valence electrons. The molecule has 2 aliphatic heterocycles. The molecule has 0 amide bonds. The Labute approximate surface area is 255 Å². The summed E-state index contributed by atoms with van der Waals surface area (Å²) >= 11 is 1.10. The summed E-state index contributed by atoms with van der Waals surface area (Å²) in [5, 5.41) is 23.0. The van der Waals surface area contributed by atoms with Gasteiger partial charge in [0.1, 0.15) is 11.6 Å². The number of piperidine rings is 1. The number of fused-ring (bicyclic) bond motifs is 1. The van der Waals surface area contributed by atoms with E-state index in [0.717, 1.165) is 78.9 Å². The molecule has 1 atom stereocenters. The van der Waals surface area contributed by atoms with Crippen LogP contribution < -0.4 is 4.74 Å². The highest BCUT2D eigenvalue weighted by Gasteiger charge is 2.35. The van der Waals surface area contributed by atoms with Gasteiger partial charge in [0, 0.05) is 61.1 Å². The first-order valence-electron chi connectivity index (χ1n) is 14.8. The van der Waals surface area contributed by atoms with E-state index >= 15 is 0 Å². The second-order valence-corrected chi connectivity index (χ2v) is 12.7. The predicted molar refractivity (Wildman–Crippen MR) is 161 cm³/mol. The molecule has 7 nitrogen and oxygen atoms in total. The molecule has 0 radical (unpaired) electrons. The van der Waals surface area contributed by atoms with Crippen LogP contribution in [0.15, 0.2) is 41.4 Å². The Hall–Kier alpha value is -2.41. The minimum absolute atomic E-state index is 0.0255. The van der Waals surface area contributed by atoms with E-state index in [1.807, 2.05) is 24.4 Å². The maximum atomic E-state index is 14.0. The quantitative estimate of drug-likeness (QED) is 0.212. The van der Waals surface area contributed by atoms with Gasteiger partial charge in [0.25, 0.3) is 0 Å². The molecular formula is C32H40F3N3O4S. The van der Waals surface area contributed by atoms with E-state index in [1.165, 1.54) is 0 Å². The fraction of sp³-hybridized carbons (Fsp3) is 0.531. The van der Waals surface area contributed by atoms with Crippen LogP contribution in [-0.2, 0) is 11.3 Å². The number of benzene rings is 2. The Morgan fingerprint density at radius 2 is 1.84 bits per heavy atom. The lowest BCUT2D eigenvalue weighted by Crippen LogP contribution is -2.43. The van der Waals surface area contributed by atoms with Crippen molar-refractivity contribution in [1.82, 2.24) is 14.8 Å². The number of hydrogen-bond donors (Lipinski definition) is 2. The Morgan fingerprint density at radius 1 is 1.07 bits per heavy atom. The summed E-state index contributed by atoms with van der Waals surface area (Å²) in [5.41, 5.74) is 2.33. The van der Waals surface area contributed by atoms with E-state index in [1.54, 1.807) is 7.11 Å². The molecule has 0 saturated carbocycles. The summed E-state index contributed by atoms with van der Waals surface area (Å²) in [7, 11) is 1.62. The minimum Gasteiger partial charge on any atom is -0.497 e. The second-order valence-electron chi connectivity index (χ2n) is 11.6. The number of likely N-dealkylation sites (tertiary alicyclic amines) is 1. The molecule has 1 aromatic heterocycles. The Bertz CT molecular complexity index is 1380. The maximum absolute atomic E-state index is 14.0. The van der Waals surface area contributed by atoms with Crippen LogP contribution in [0, 0.1) is 22.9 Å². The number of aliphatic hydroxyl groups is 2. The van der Waals surface area contributed by atoms with Crippen LogP contribution in [0.25, 0.3) is 10.9 Å². The van der Waals surface area contributed by atoms with Gasteiger partial charge in [0.15, 0.2) is 11.6 Å². The predicted octanol–water partition coefficient (Wildman–Crippen LogP) is 5.17. The van der Waals surface area contributed by atoms with Gasteiger partial charge >= 0.3 is 0 Å². The molecule has 2 aliphatic rings. The number of nitrogens with zero attached hydrogens (tertiary/aromatic N) is 3. The van der Waals surface area contributed by atoms with Gasteiger partial charge in [-0.15, -0.1) is 11.8 Å². The number of pyridine rings is 1. The van der Waals surface area contributed by atoms with Crippen molar-refractivity contribution in [3.63, 3.8) is 0 Å². The summed E-state index contributed by atoms with van der Waals surface area (Å²) in [4.78, 5) is 9.20. The Morgan fingerprint density at radius 3 is 2.56 bits per heavy atom. The van der Waals surface area contributed by atoms with Crippen LogP contribution in [0.1, 0.15) is 42.9 Å². The minimum atomic E-state index is -1.18. The van der Waals surface area contributed by atoms with Crippen LogP contribution in [0.2, 0.25) is 0 Å². The van der Waals surface area contributed by atoms with Gasteiger partial charge in [0.2, 0.25) is 0 Å². The summed E-state index contributed by atoms with van der Waals surface area (Å²) in [6, 6.07) is 7.29. The van der Waals surface area contributed by atoms with Crippen molar-refractivity contribution >= 4 is 22.7 Å². The number of aliphatic hydroxyl groups excluding tert-OH is 2. The van der Waals surface area contributed by atoms with Crippen molar-refractivity contribution in [2.45, 2.75) is 43.2 Å². The molecule has 2 N–H and O–H groups in total. The van der Waals surface area contributed by atoms with Gasteiger partial charge in [-0.2, -0.15) is 0 Å². The smallest absolute Gasteiger partial charge is 0.172 e. The standard InChI is InChI=1S/C32H40F3N3O4S/c1-41-24-2-3-27-25(18-24)30(22(19-36-27)20-38-10-13-42-14-11-38)28(40)4-5-32(21-39)6-8-37(9-7-32)12-15-43-29-17-23(33)16-26(34)31(29)35/h2-3,16-19,28,39-40H,4-15,20-21H2,1H3. The molecule has 3 aromatic rings. The number of aromatic nitrogens is 1. The molecule has 5 rings (SSSR count). The topological polar surface area (TPSA) is 78.3 Å². The van der Waals surface area contributed by atoms with Crippen LogP contribution in [-0.4, -0.2) is 90.4 Å². The van der Waals surface area contributed by atoms with E-state index in [0.29, 0.717) is 56.7 Å². The monoisotopic (exact) mass is 619 g/mol. The fourth-order valence-corrected chi connectivity index (χ4v) is 7.12. The zero-order valence-corrected chi connectivity index (χ0v) is 25.4. The van der Waals surface area contributed by atoms with Gasteiger partial charge in [0.05, 0.1) is 31.9 Å². The highest BCUT2D eigenvalue weighted by atomic mass is 32.2. The molecule has 43 heavy (non-hydrogen) atoms. The van der Waals surface area contributed by atoms with Gasteiger partial charge < -0.3 is 24.6 Å². The third-order valence-electron chi connectivity index (χ3n) is 8.86. The normalized spacial score (nSPS) is 18.7. The van der Waals surface area contributed by atoms with Gasteiger partial charge in [-0.1, -0.05) is 0 Å². The second kappa shape index (κ2) is 14.6. The molecule has 2 aromatic carbocycles. The molecule has 2 saturated heterocycles. The fourth-order valence-electron chi connectivity index (χ4n) is 6.13. The molecular weight excluding hydrogens is 579 g/mol. The van der Waals surface area contributed by atoms with Gasteiger partial charge in [-0.3, -0.25) is 9.88 Å². The Balaban J connectivity index is 1.22. The highest BCUT2D eigenvalue weighted by Crippen LogP contribution is 2.40. The average molecular weight is 620 g/mol. The van der Waals surface area contributed by atoms with E-state index in [2.05, 4.69) is 14.8 Å². The third kappa shape index (κ3) is 7.82. The van der Waals surface area contributed by atoms with E-state index < -0.39 is 23.6 Å². The lowest BCUT2D eigenvalue weighted by Gasteiger charge is -2.41. The van der Waals surface area contributed by atoms with Crippen molar-refractivity contribution in [2.24, 2.45) is 5.41 Å². The van der Waals surface area contributed by atoms with Crippen LogP contribution in [0.5, 0.6) is 5.75 Å². The summed E-state index contributed by atoms with van der Waals surface area (Å²) in [6.45, 7) is 5.84. The van der Waals surface area contributed by atoms with Crippen molar-refractivity contribution in [3.05, 3.63) is 65.1 Å². The summed E-state index contributed by atoms with van der Waals surface area (Å²) in [6.07, 6.45) is 3.79. The number of rotatable bonds is 12. The van der Waals surface area contributed by atoms with E-state index in [4.69, 9.17) is 9.47 Å². The zero-order chi connectivity index (χ0) is 30.4. The summed E-state index contributed by atoms with van der Waals surface area (Å²) in [5.74, 6) is -1.79. The number of hydrogen-bond acceptors (Lipinski definition) is 8. The first-order chi connectivity index (χ1) is 20.8. The number of thioether (sulfide) groups is 1. The van der Waals surface area contributed by atoms with Gasteiger partial charge in [-0.05, 0) is 79.6 Å². The van der Waals surface area contributed by atoms with Gasteiger partial charge in [-0.25, -0.2) is 13.2 Å². The molecule has 1 unspecified atom stereocenters. The lowest BCUT2D eigenvalue weighted by atomic mass is 9.74. The number of morpholine rings is 1. The SMILES string of the molecule is COc1ccc2ncc(CN3CCOCC3)c(C(O)CCC3(CO)CCN(CCSc4cc(F)cc(F)c4F)CC3)c2c1. The zero-order valence-electron chi connectivity index (χ0n) is 24.5. The van der Waals surface area contributed by atoms with Crippen molar-refractivity contribution in [2.75, 3.05) is 65.4 Å². The van der Waals surface area contributed by atoms with Crippen LogP contribution in [0.4, 0.5) is 13.2 Å². The van der Waals surface area contributed by atoms with Crippen LogP contribution >= 0.6 is 11.8 Å². The largest absolute Gasteiger partial charge is 0.497 e. The first-order valence-corrected chi connectivity index (χ1v) is 15.8. The number of halogens is 3. The van der Waals surface area contributed by atoms with E-state index in [-0.39, 0.29) is 16.9 Å². The number of ether oxygens (including phenoxy) is 2. The first kappa shape index (κ1) is 32.0. The molecule has 2 fully saturated rings. The average Bonchev–Trinajstić information content (AvgIpc) is 3.03. The third-order valence-corrected chi connectivity index (χ3v) is 9.85. The van der Waals surface area contributed by atoms with Crippen molar-refractivity contribution in [1.29, 1.82) is 0 Å².